The van der Waals surface area contributed by atoms with Crippen LogP contribution in [0.2, 0.25) is 0 Å². The van der Waals surface area contributed by atoms with Gasteiger partial charge in [-0.05, 0) is 32.1 Å². The molecule has 2 rings (SSSR count). The van der Waals surface area contributed by atoms with E-state index >= 15 is 0 Å². The van der Waals surface area contributed by atoms with Gasteiger partial charge < -0.3 is 24.1 Å². The molecule has 2 heterocycles. The predicted octanol–water partition coefficient (Wildman–Crippen LogP) is 2.58. The quantitative estimate of drug-likeness (QED) is 0.213. The topological polar surface area (TPSA) is 115 Å². The van der Waals surface area contributed by atoms with Crippen molar-refractivity contribution in [2.45, 2.75) is 51.2 Å². The number of esters is 2. The van der Waals surface area contributed by atoms with E-state index in [4.69, 9.17) is 24.1 Å². The van der Waals surface area contributed by atoms with Crippen molar-refractivity contribution in [2.24, 2.45) is 0 Å². The predicted molar refractivity (Wildman–Crippen MR) is 105 cm³/mol. The van der Waals surface area contributed by atoms with Crippen molar-refractivity contribution in [3.05, 3.63) is 36.5 Å². The van der Waals surface area contributed by atoms with Crippen molar-refractivity contribution < 1.29 is 38.4 Å². The molecule has 1 N–H and O–H groups in total. The van der Waals surface area contributed by atoms with E-state index in [0.717, 1.165) is 26.1 Å². The lowest BCUT2D eigenvalue weighted by atomic mass is 10.1. The van der Waals surface area contributed by atoms with E-state index in [2.05, 4.69) is 19.7 Å². The van der Waals surface area contributed by atoms with Gasteiger partial charge in [0.25, 0.3) is 0 Å². The maximum Gasteiger partial charge on any atom is 0.333 e. The smallest absolute Gasteiger partial charge is 0.333 e. The first-order valence-electron chi connectivity index (χ1n) is 9.58. The summed E-state index contributed by atoms with van der Waals surface area (Å²) >= 11 is 0. The summed E-state index contributed by atoms with van der Waals surface area (Å²) in [6.07, 6.45) is 3.73. The third-order valence-corrected chi connectivity index (χ3v) is 4.20. The standard InChI is InChI=1S/C16H22O6.C5H8O2/c1-11(3-5-13-9-21-13)15(17)19-7-8-20-16(18)12(2)4-6-14-10-22-14;1-3-4(2)5(6)7/h13-14H,1-10H2;2-3H2,1H3,(H,6,7). The van der Waals surface area contributed by atoms with Gasteiger partial charge in [-0.25, -0.2) is 14.4 Å². The maximum absolute atomic E-state index is 11.6. The Balaban J connectivity index is 0.000000516. The largest absolute Gasteiger partial charge is 0.478 e. The van der Waals surface area contributed by atoms with Crippen LogP contribution in [0.25, 0.3) is 0 Å². The fraction of sp³-hybridized carbons (Fsp3) is 0.571. The lowest BCUT2D eigenvalue weighted by Crippen LogP contribution is -2.16. The zero-order valence-electron chi connectivity index (χ0n) is 16.9. The lowest BCUT2D eigenvalue weighted by Gasteiger charge is -2.08. The van der Waals surface area contributed by atoms with E-state index in [1.54, 1.807) is 6.92 Å². The summed E-state index contributed by atoms with van der Waals surface area (Å²) in [4.78, 5) is 33.0. The van der Waals surface area contributed by atoms with Crippen LogP contribution in [0, 0.1) is 0 Å². The SMILES string of the molecule is C=C(CC)C(=O)O.C=C(CCC1CO1)C(=O)OCCOC(=O)C(=C)CCC1CO1. The van der Waals surface area contributed by atoms with Gasteiger partial charge in [-0.3, -0.25) is 0 Å². The fourth-order valence-electron chi connectivity index (χ4n) is 1.97. The summed E-state index contributed by atoms with van der Waals surface area (Å²) in [5, 5.41) is 8.08. The fourth-order valence-corrected chi connectivity index (χ4v) is 1.97. The van der Waals surface area contributed by atoms with E-state index in [-0.39, 0.29) is 31.0 Å². The average molecular weight is 410 g/mol. The number of rotatable bonds is 13. The normalized spacial score (nSPS) is 18.5. The summed E-state index contributed by atoms with van der Waals surface area (Å²) in [5.74, 6) is -1.81. The molecule has 2 aliphatic rings. The molecule has 2 unspecified atom stereocenters. The molecule has 8 nitrogen and oxygen atoms in total. The van der Waals surface area contributed by atoms with E-state index in [0.29, 0.717) is 30.4 Å². The number of carboxylic acid groups (broad SMARTS) is 1. The summed E-state index contributed by atoms with van der Waals surface area (Å²) in [6.45, 7) is 13.9. The van der Waals surface area contributed by atoms with Crippen molar-refractivity contribution >= 4 is 17.9 Å². The Morgan fingerprint density at radius 1 is 0.862 bits per heavy atom. The third-order valence-electron chi connectivity index (χ3n) is 4.20. The molecule has 2 saturated heterocycles. The average Bonchev–Trinajstić information content (AvgIpc) is 3.61. The number of hydrogen-bond acceptors (Lipinski definition) is 7. The molecular weight excluding hydrogens is 380 g/mol. The van der Waals surface area contributed by atoms with Gasteiger partial charge in [0.2, 0.25) is 0 Å². The number of carbonyl (C=O) groups is 3. The minimum atomic E-state index is -0.900. The van der Waals surface area contributed by atoms with Crippen molar-refractivity contribution in [3.63, 3.8) is 0 Å². The van der Waals surface area contributed by atoms with Crippen molar-refractivity contribution in [2.75, 3.05) is 26.4 Å². The van der Waals surface area contributed by atoms with Gasteiger partial charge in [0.1, 0.15) is 13.2 Å². The second kappa shape index (κ2) is 12.9. The minimum absolute atomic E-state index is 0.0164. The molecule has 29 heavy (non-hydrogen) atoms. The molecule has 0 amide bonds. The van der Waals surface area contributed by atoms with Crippen LogP contribution in [0.3, 0.4) is 0 Å². The summed E-state index contributed by atoms with van der Waals surface area (Å²) in [7, 11) is 0. The van der Waals surface area contributed by atoms with Crippen LogP contribution in [0.1, 0.15) is 39.0 Å². The minimum Gasteiger partial charge on any atom is -0.478 e. The number of carbonyl (C=O) groups excluding carboxylic acids is 2. The summed E-state index contributed by atoms with van der Waals surface area (Å²) in [5.41, 5.74) is 1.09. The highest BCUT2D eigenvalue weighted by Gasteiger charge is 2.24. The second-order valence-electron chi connectivity index (χ2n) is 6.73. The number of hydrogen-bond donors (Lipinski definition) is 1. The van der Waals surface area contributed by atoms with E-state index in [9.17, 15) is 14.4 Å². The van der Waals surface area contributed by atoms with Crippen LogP contribution in [-0.4, -0.2) is 61.6 Å². The highest BCUT2D eigenvalue weighted by molar-refractivity contribution is 5.88. The zero-order valence-corrected chi connectivity index (χ0v) is 16.9. The molecule has 2 atom stereocenters. The first-order chi connectivity index (χ1) is 13.7. The molecular formula is C21H30O8. The Hall–Kier alpha value is -2.45. The monoisotopic (exact) mass is 410 g/mol. The van der Waals surface area contributed by atoms with Gasteiger partial charge in [0.05, 0.1) is 25.4 Å². The molecule has 0 aromatic carbocycles. The molecule has 0 radical (unpaired) electrons. The summed E-state index contributed by atoms with van der Waals surface area (Å²) < 4.78 is 20.1. The van der Waals surface area contributed by atoms with Gasteiger partial charge in [0, 0.05) is 16.7 Å². The molecule has 0 aromatic rings. The van der Waals surface area contributed by atoms with Crippen LogP contribution in [-0.2, 0) is 33.3 Å². The van der Waals surface area contributed by atoms with Gasteiger partial charge in [-0.1, -0.05) is 26.7 Å². The van der Waals surface area contributed by atoms with Crippen LogP contribution in [0.15, 0.2) is 36.5 Å². The number of aliphatic carboxylic acids is 1. The van der Waals surface area contributed by atoms with Gasteiger partial charge in [0.15, 0.2) is 0 Å². The molecule has 0 aromatic heterocycles. The highest BCUT2D eigenvalue weighted by Crippen LogP contribution is 2.19. The van der Waals surface area contributed by atoms with Crippen molar-refractivity contribution in [1.82, 2.24) is 0 Å². The molecule has 0 aliphatic carbocycles. The Kier molecular flexibility index (Phi) is 10.9. The van der Waals surface area contributed by atoms with Crippen LogP contribution >= 0.6 is 0 Å². The summed E-state index contributed by atoms with van der Waals surface area (Å²) in [6, 6.07) is 0. The van der Waals surface area contributed by atoms with E-state index < -0.39 is 17.9 Å². The molecule has 0 saturated carbocycles. The zero-order chi connectivity index (χ0) is 21.8. The van der Waals surface area contributed by atoms with E-state index in [1.807, 2.05) is 0 Å². The van der Waals surface area contributed by atoms with Crippen molar-refractivity contribution in [3.8, 4) is 0 Å². The first-order valence-corrected chi connectivity index (χ1v) is 9.58. The number of carboxylic acids is 1. The Morgan fingerprint density at radius 2 is 1.24 bits per heavy atom. The van der Waals surface area contributed by atoms with Gasteiger partial charge in [-0.2, -0.15) is 0 Å². The van der Waals surface area contributed by atoms with Crippen LogP contribution in [0.4, 0.5) is 0 Å². The lowest BCUT2D eigenvalue weighted by molar-refractivity contribution is -0.147. The molecule has 162 valence electrons. The Morgan fingerprint density at radius 3 is 1.48 bits per heavy atom. The third kappa shape index (κ3) is 11.9. The molecule has 8 heteroatoms. The maximum atomic E-state index is 11.6. The molecule has 0 bridgehead atoms. The molecule has 2 fully saturated rings. The Labute approximate surface area is 171 Å². The van der Waals surface area contributed by atoms with Crippen molar-refractivity contribution in [1.29, 1.82) is 0 Å². The number of ether oxygens (including phenoxy) is 4. The number of epoxide rings is 2. The second-order valence-corrected chi connectivity index (χ2v) is 6.73. The first kappa shape index (κ1) is 24.6. The van der Waals surface area contributed by atoms with E-state index in [1.165, 1.54) is 0 Å². The Bertz CT molecular complexity index is 587. The highest BCUT2D eigenvalue weighted by atomic mass is 16.6. The van der Waals surface area contributed by atoms with Crippen LogP contribution in [0.5, 0.6) is 0 Å². The van der Waals surface area contributed by atoms with Crippen LogP contribution < -0.4 is 0 Å². The van der Waals surface area contributed by atoms with Gasteiger partial charge in [-0.15, -0.1) is 0 Å². The molecule has 2 aliphatic heterocycles. The van der Waals surface area contributed by atoms with Gasteiger partial charge >= 0.3 is 17.9 Å². The molecule has 0 spiro atoms.